The third kappa shape index (κ3) is 8.59. The van der Waals surface area contributed by atoms with Gasteiger partial charge in [-0.3, -0.25) is 9.98 Å². The van der Waals surface area contributed by atoms with Gasteiger partial charge in [0.05, 0.1) is 6.04 Å². The van der Waals surface area contributed by atoms with Crippen LogP contribution in [0.5, 0.6) is 0 Å². The summed E-state index contributed by atoms with van der Waals surface area (Å²) in [7, 11) is 0. The predicted octanol–water partition coefficient (Wildman–Crippen LogP) is 11.3. The van der Waals surface area contributed by atoms with Crippen molar-refractivity contribution in [3.63, 3.8) is 0 Å². The average molecular weight is 551 g/mol. The Labute approximate surface area is 253 Å². The van der Waals surface area contributed by atoms with Crippen LogP contribution in [0.25, 0.3) is 27.8 Å². The van der Waals surface area contributed by atoms with Crippen molar-refractivity contribution in [1.82, 2.24) is 4.98 Å². The van der Waals surface area contributed by atoms with E-state index in [2.05, 4.69) is 112 Å². The van der Waals surface area contributed by atoms with Crippen molar-refractivity contribution >= 4 is 11.8 Å². The Morgan fingerprint density at radius 3 is 2.19 bits per heavy atom. The lowest BCUT2D eigenvalue weighted by atomic mass is 9.91. The summed E-state index contributed by atoms with van der Waals surface area (Å²) in [6.07, 6.45) is 20.2. The quantitative estimate of drug-likeness (QED) is 0.153. The minimum atomic E-state index is 0.100. The third-order valence-corrected chi connectivity index (χ3v) is 7.16. The van der Waals surface area contributed by atoms with E-state index in [4.69, 9.17) is 4.99 Å². The number of hydrogen-bond donors (Lipinski definition) is 0. The number of nitrogens with zero attached hydrogens (tertiary/aromatic N) is 2. The molecule has 1 atom stereocenters. The number of aliphatic imine (C=N–C) groups is 1. The molecule has 212 valence electrons. The number of benzene rings is 2. The topological polar surface area (TPSA) is 25.2 Å². The molecule has 1 heterocycles. The molecule has 3 rings (SSSR count). The summed E-state index contributed by atoms with van der Waals surface area (Å²) in [5.74, 6) is 0. The van der Waals surface area contributed by atoms with Crippen LogP contribution in [0, 0.1) is 0 Å². The molecule has 0 aliphatic rings. The van der Waals surface area contributed by atoms with Gasteiger partial charge in [-0.1, -0.05) is 94.0 Å². The van der Waals surface area contributed by atoms with E-state index >= 15 is 0 Å². The van der Waals surface area contributed by atoms with Gasteiger partial charge in [0.2, 0.25) is 0 Å². The third-order valence-electron chi connectivity index (χ3n) is 7.16. The van der Waals surface area contributed by atoms with Crippen molar-refractivity contribution < 1.29 is 0 Å². The van der Waals surface area contributed by atoms with E-state index in [0.29, 0.717) is 0 Å². The molecular weight excluding hydrogens is 508 g/mol. The molecule has 0 radical (unpaired) electrons. The van der Waals surface area contributed by atoms with Gasteiger partial charge in [0.15, 0.2) is 0 Å². The zero-order valence-electron chi connectivity index (χ0n) is 25.5. The minimum Gasteiger partial charge on any atom is -0.290 e. The van der Waals surface area contributed by atoms with E-state index in [1.54, 1.807) is 12.3 Å². The Morgan fingerprint density at radius 2 is 1.57 bits per heavy atom. The van der Waals surface area contributed by atoms with Gasteiger partial charge >= 0.3 is 0 Å². The van der Waals surface area contributed by atoms with Crippen molar-refractivity contribution in [2.75, 3.05) is 0 Å². The second-order valence-electron chi connectivity index (χ2n) is 10.1. The molecule has 0 aliphatic heterocycles. The van der Waals surface area contributed by atoms with Crippen molar-refractivity contribution in [2.45, 2.75) is 40.2 Å². The first-order chi connectivity index (χ1) is 20.3. The lowest BCUT2D eigenvalue weighted by Crippen LogP contribution is -1.96. The first-order valence-corrected chi connectivity index (χ1v) is 14.3. The fourth-order valence-corrected chi connectivity index (χ4v) is 4.54. The number of hydrogen-bond acceptors (Lipinski definition) is 2. The van der Waals surface area contributed by atoms with Gasteiger partial charge in [0.25, 0.3) is 0 Å². The molecule has 0 fully saturated rings. The Bertz CT molecular complexity index is 1590. The molecule has 1 aromatic heterocycles. The smallest absolute Gasteiger partial charge is 0.0742 e. The first kappa shape index (κ1) is 31.7. The SMILES string of the molecule is C=CC=CC(=C)C(C)=CC=C(C)C(=C)C=C(C=C)c1cccc(-c2cc(-c3cccnc3)cc(C(CC)N=CC)c2)c1. The van der Waals surface area contributed by atoms with E-state index in [9.17, 15) is 0 Å². The fraction of sp³-hybridized carbons (Fsp3) is 0.150. The van der Waals surface area contributed by atoms with E-state index < -0.39 is 0 Å². The van der Waals surface area contributed by atoms with Gasteiger partial charge in [0, 0.05) is 18.0 Å². The summed E-state index contributed by atoms with van der Waals surface area (Å²) in [4.78, 5) is 9.10. The maximum absolute atomic E-state index is 4.75. The van der Waals surface area contributed by atoms with E-state index in [1.807, 2.05) is 50.6 Å². The van der Waals surface area contributed by atoms with Crippen LogP contribution in [-0.2, 0) is 0 Å². The molecule has 42 heavy (non-hydrogen) atoms. The van der Waals surface area contributed by atoms with E-state index in [1.165, 1.54) is 5.56 Å². The highest BCUT2D eigenvalue weighted by atomic mass is 14.8. The van der Waals surface area contributed by atoms with Gasteiger partial charge in [-0.2, -0.15) is 0 Å². The van der Waals surface area contributed by atoms with Crippen LogP contribution in [0.1, 0.15) is 51.3 Å². The van der Waals surface area contributed by atoms with Crippen LogP contribution in [0.2, 0.25) is 0 Å². The lowest BCUT2D eigenvalue weighted by Gasteiger charge is -2.16. The maximum atomic E-state index is 4.75. The molecule has 1 unspecified atom stereocenters. The molecular formula is C40H42N2. The highest BCUT2D eigenvalue weighted by molar-refractivity contribution is 5.81. The molecule has 0 spiro atoms. The molecule has 2 nitrogen and oxygen atoms in total. The van der Waals surface area contributed by atoms with Crippen molar-refractivity contribution in [2.24, 2.45) is 4.99 Å². The van der Waals surface area contributed by atoms with Crippen LogP contribution >= 0.6 is 0 Å². The standard InChI is InChI=1S/C40H42N2/c1-9-13-16-29(5)30(6)20-21-31(7)32(8)23-33(10-2)34-17-14-18-35(24-34)37-25-38(36-19-15-22-41-28-36)27-39(26-37)40(11-3)42-12-4/h9-10,12-28,40H,1-2,5,8,11H2,3-4,6-7H3. The number of rotatable bonds is 13. The Hall–Kier alpha value is -4.82. The zero-order chi connectivity index (χ0) is 30.5. The van der Waals surface area contributed by atoms with E-state index in [0.717, 1.165) is 62.1 Å². The minimum absolute atomic E-state index is 0.100. The summed E-state index contributed by atoms with van der Waals surface area (Å²) in [6.45, 7) is 24.5. The van der Waals surface area contributed by atoms with Gasteiger partial charge in [-0.15, -0.1) is 0 Å². The fourth-order valence-electron chi connectivity index (χ4n) is 4.54. The van der Waals surface area contributed by atoms with Gasteiger partial charge in [-0.05, 0) is 125 Å². The number of allylic oxidation sites excluding steroid dienone is 12. The van der Waals surface area contributed by atoms with Gasteiger partial charge in [-0.25, -0.2) is 0 Å². The van der Waals surface area contributed by atoms with Crippen LogP contribution in [0.15, 0.2) is 163 Å². The average Bonchev–Trinajstić information content (AvgIpc) is 3.03. The second kappa shape index (κ2) is 15.8. The van der Waals surface area contributed by atoms with Crippen LogP contribution in [0.3, 0.4) is 0 Å². The summed E-state index contributed by atoms with van der Waals surface area (Å²) >= 11 is 0. The monoisotopic (exact) mass is 550 g/mol. The Balaban J connectivity index is 2.01. The molecule has 2 aromatic carbocycles. The Morgan fingerprint density at radius 1 is 0.881 bits per heavy atom. The largest absolute Gasteiger partial charge is 0.290 e. The summed E-state index contributed by atoms with van der Waals surface area (Å²) in [6, 6.07) is 19.5. The predicted molar refractivity (Wildman–Crippen MR) is 186 cm³/mol. The molecule has 0 amide bonds. The lowest BCUT2D eigenvalue weighted by molar-refractivity contribution is 0.704. The van der Waals surface area contributed by atoms with E-state index in [-0.39, 0.29) is 6.04 Å². The van der Waals surface area contributed by atoms with Crippen LogP contribution < -0.4 is 0 Å². The molecule has 2 heteroatoms. The van der Waals surface area contributed by atoms with Crippen molar-refractivity contribution in [1.29, 1.82) is 0 Å². The normalized spacial score (nSPS) is 13.4. The highest BCUT2D eigenvalue weighted by Crippen LogP contribution is 2.34. The maximum Gasteiger partial charge on any atom is 0.0742 e. The van der Waals surface area contributed by atoms with Crippen LogP contribution in [-0.4, -0.2) is 11.2 Å². The molecule has 0 bridgehead atoms. The zero-order valence-corrected chi connectivity index (χ0v) is 25.5. The molecule has 0 saturated heterocycles. The van der Waals surface area contributed by atoms with Crippen molar-refractivity contribution in [3.05, 3.63) is 169 Å². The summed E-state index contributed by atoms with van der Waals surface area (Å²) in [5, 5.41) is 0. The molecule has 0 aliphatic carbocycles. The number of aromatic nitrogens is 1. The highest BCUT2D eigenvalue weighted by Gasteiger charge is 2.13. The van der Waals surface area contributed by atoms with Gasteiger partial charge in [0.1, 0.15) is 0 Å². The van der Waals surface area contributed by atoms with Crippen molar-refractivity contribution in [3.8, 4) is 22.3 Å². The number of pyridine rings is 1. The van der Waals surface area contributed by atoms with Gasteiger partial charge < -0.3 is 0 Å². The summed E-state index contributed by atoms with van der Waals surface area (Å²) in [5.41, 5.74) is 11.8. The second-order valence-corrected chi connectivity index (χ2v) is 10.1. The van der Waals surface area contributed by atoms with Crippen LogP contribution in [0.4, 0.5) is 0 Å². The Kier molecular flexibility index (Phi) is 12.0. The molecule has 3 aromatic rings. The summed E-state index contributed by atoms with van der Waals surface area (Å²) < 4.78 is 0. The first-order valence-electron chi connectivity index (χ1n) is 14.3. The molecule has 0 N–H and O–H groups in total. The molecule has 0 saturated carbocycles.